The molecule has 1 atom stereocenters. The summed E-state index contributed by atoms with van der Waals surface area (Å²) in [5.41, 5.74) is 2.05. The molecule has 8 heteroatoms. The number of benzene rings is 1. The van der Waals surface area contributed by atoms with Gasteiger partial charge >= 0.3 is 0 Å². The van der Waals surface area contributed by atoms with E-state index < -0.39 is 11.9 Å². The van der Waals surface area contributed by atoms with Crippen molar-refractivity contribution in [1.82, 2.24) is 20.9 Å². The second-order valence-corrected chi connectivity index (χ2v) is 7.25. The van der Waals surface area contributed by atoms with Crippen LogP contribution in [0.5, 0.6) is 0 Å². The average molecular weight is 358 g/mol. The van der Waals surface area contributed by atoms with E-state index in [4.69, 9.17) is 0 Å². The highest BCUT2D eigenvalue weighted by atomic mass is 16.3. The van der Waals surface area contributed by atoms with Gasteiger partial charge in [0, 0.05) is 38.2 Å². The number of aliphatic hydroxyl groups excluding tert-OH is 1. The molecular weight excluding hydrogens is 336 g/mol. The smallest absolute Gasteiger partial charge is 0.255 e. The van der Waals surface area contributed by atoms with Crippen LogP contribution in [0, 0.1) is 0 Å². The Morgan fingerprint density at radius 2 is 2.08 bits per heavy atom. The average Bonchev–Trinajstić information content (AvgIpc) is 2.92. The van der Waals surface area contributed by atoms with Crippen LogP contribution in [0.4, 0.5) is 0 Å². The molecule has 0 bridgehead atoms. The third-order valence-corrected chi connectivity index (χ3v) is 5.52. The van der Waals surface area contributed by atoms with Crippen LogP contribution in [-0.4, -0.2) is 59.0 Å². The first kappa shape index (κ1) is 17.1. The fraction of sp³-hybridized carbons (Fsp3) is 0.500. The Labute approximate surface area is 150 Å². The van der Waals surface area contributed by atoms with E-state index in [0.717, 1.165) is 11.1 Å². The summed E-state index contributed by atoms with van der Waals surface area (Å²) in [6.07, 6.45) is 0.605. The molecule has 138 valence electrons. The van der Waals surface area contributed by atoms with Gasteiger partial charge in [0.15, 0.2) is 0 Å². The number of amides is 3. The van der Waals surface area contributed by atoms with Gasteiger partial charge in [-0.25, -0.2) is 0 Å². The van der Waals surface area contributed by atoms with Crippen molar-refractivity contribution >= 4 is 17.7 Å². The highest BCUT2D eigenvalue weighted by Crippen LogP contribution is 2.30. The van der Waals surface area contributed by atoms with Gasteiger partial charge in [-0.2, -0.15) is 0 Å². The van der Waals surface area contributed by atoms with Crippen molar-refractivity contribution in [2.75, 3.05) is 19.7 Å². The first-order chi connectivity index (χ1) is 12.5. The zero-order valence-corrected chi connectivity index (χ0v) is 14.4. The Morgan fingerprint density at radius 3 is 2.73 bits per heavy atom. The van der Waals surface area contributed by atoms with Gasteiger partial charge < -0.3 is 20.6 Å². The van der Waals surface area contributed by atoms with Crippen LogP contribution < -0.4 is 16.0 Å². The number of fused-ring (bicyclic) bond motifs is 1. The standard InChI is InChI=1S/C18H22N4O4/c23-10-18(8-19-9-18)20-6-11-2-1-3-12-7-22(17(26)15(11)12)13-4-5-14(24)21-16(13)25/h1-3,13,19-20,23H,4-10H2,(H,21,24,25). The normalized spacial score (nSPS) is 24.3. The van der Waals surface area contributed by atoms with E-state index in [9.17, 15) is 19.5 Å². The van der Waals surface area contributed by atoms with Crippen molar-refractivity contribution in [2.24, 2.45) is 0 Å². The van der Waals surface area contributed by atoms with E-state index in [1.54, 1.807) is 4.90 Å². The summed E-state index contributed by atoms with van der Waals surface area (Å²) in [5, 5.41) is 18.4. The number of hydrogen-bond donors (Lipinski definition) is 4. The highest BCUT2D eigenvalue weighted by molar-refractivity contribution is 6.05. The van der Waals surface area contributed by atoms with Gasteiger partial charge in [-0.05, 0) is 17.5 Å². The number of aliphatic hydroxyl groups is 1. The molecule has 0 aromatic heterocycles. The summed E-state index contributed by atoms with van der Waals surface area (Å²) >= 11 is 0. The van der Waals surface area contributed by atoms with E-state index in [-0.39, 0.29) is 30.4 Å². The Kier molecular flexibility index (Phi) is 4.26. The lowest BCUT2D eigenvalue weighted by molar-refractivity contribution is -0.136. The molecular formula is C18H22N4O4. The van der Waals surface area contributed by atoms with Crippen LogP contribution in [0.3, 0.4) is 0 Å². The third-order valence-electron chi connectivity index (χ3n) is 5.52. The Hall–Kier alpha value is -2.29. The lowest BCUT2D eigenvalue weighted by Crippen LogP contribution is -2.69. The Bertz CT molecular complexity index is 769. The summed E-state index contributed by atoms with van der Waals surface area (Å²) in [5.74, 6) is -0.859. The second-order valence-electron chi connectivity index (χ2n) is 7.25. The molecule has 0 aliphatic carbocycles. The molecule has 1 unspecified atom stereocenters. The number of rotatable bonds is 5. The molecule has 4 rings (SSSR count). The van der Waals surface area contributed by atoms with Gasteiger partial charge in [0.05, 0.1) is 12.1 Å². The third kappa shape index (κ3) is 2.80. The predicted molar refractivity (Wildman–Crippen MR) is 92.0 cm³/mol. The van der Waals surface area contributed by atoms with E-state index >= 15 is 0 Å². The number of carbonyl (C=O) groups excluding carboxylic acids is 3. The van der Waals surface area contributed by atoms with E-state index in [2.05, 4.69) is 16.0 Å². The van der Waals surface area contributed by atoms with Gasteiger partial charge in [-0.3, -0.25) is 19.7 Å². The van der Waals surface area contributed by atoms with E-state index in [1.807, 2.05) is 18.2 Å². The maximum absolute atomic E-state index is 13.0. The molecule has 2 fully saturated rings. The molecule has 4 N–H and O–H groups in total. The summed E-state index contributed by atoms with van der Waals surface area (Å²) < 4.78 is 0. The first-order valence-corrected chi connectivity index (χ1v) is 8.85. The summed E-state index contributed by atoms with van der Waals surface area (Å²) in [7, 11) is 0. The Balaban J connectivity index is 1.53. The van der Waals surface area contributed by atoms with Gasteiger partial charge in [0.2, 0.25) is 11.8 Å². The zero-order valence-electron chi connectivity index (χ0n) is 14.4. The molecule has 26 heavy (non-hydrogen) atoms. The monoisotopic (exact) mass is 358 g/mol. The van der Waals surface area contributed by atoms with Crippen LogP contribution in [-0.2, 0) is 22.7 Å². The van der Waals surface area contributed by atoms with Gasteiger partial charge in [-0.15, -0.1) is 0 Å². The van der Waals surface area contributed by atoms with Crippen molar-refractivity contribution in [3.05, 3.63) is 34.9 Å². The van der Waals surface area contributed by atoms with Gasteiger partial charge in [0.1, 0.15) is 6.04 Å². The van der Waals surface area contributed by atoms with Crippen LogP contribution in [0.25, 0.3) is 0 Å². The number of piperidine rings is 1. The molecule has 3 amide bonds. The summed E-state index contributed by atoms with van der Waals surface area (Å²) in [4.78, 5) is 38.1. The molecule has 3 heterocycles. The maximum atomic E-state index is 13.0. The maximum Gasteiger partial charge on any atom is 0.255 e. The van der Waals surface area contributed by atoms with Gasteiger partial charge in [0.25, 0.3) is 5.91 Å². The molecule has 1 aromatic carbocycles. The number of hydrogen-bond acceptors (Lipinski definition) is 6. The quantitative estimate of drug-likeness (QED) is 0.496. The second kappa shape index (κ2) is 6.46. The van der Waals surface area contributed by atoms with Crippen molar-refractivity contribution in [3.63, 3.8) is 0 Å². The lowest BCUT2D eigenvalue weighted by Gasteiger charge is -2.42. The van der Waals surface area contributed by atoms with E-state index in [1.165, 1.54) is 0 Å². The SMILES string of the molecule is O=C1CCC(N2Cc3cccc(CNC4(CO)CNC4)c3C2=O)C(=O)N1. The lowest BCUT2D eigenvalue weighted by atomic mass is 9.92. The minimum atomic E-state index is -0.604. The first-order valence-electron chi connectivity index (χ1n) is 8.85. The minimum absolute atomic E-state index is 0.0331. The van der Waals surface area contributed by atoms with Gasteiger partial charge in [-0.1, -0.05) is 18.2 Å². The number of nitrogens with zero attached hydrogens (tertiary/aromatic N) is 1. The summed E-state index contributed by atoms with van der Waals surface area (Å²) in [6, 6.07) is 5.10. The van der Waals surface area contributed by atoms with Crippen molar-refractivity contribution in [3.8, 4) is 0 Å². The van der Waals surface area contributed by atoms with E-state index in [0.29, 0.717) is 38.2 Å². The molecule has 0 spiro atoms. The number of imide groups is 1. The van der Waals surface area contributed by atoms with Crippen LogP contribution in [0.15, 0.2) is 18.2 Å². The molecule has 1 aromatic rings. The molecule has 3 aliphatic rings. The Morgan fingerprint density at radius 1 is 1.27 bits per heavy atom. The number of nitrogens with one attached hydrogen (secondary N) is 3. The van der Waals surface area contributed by atoms with Crippen LogP contribution >= 0.6 is 0 Å². The van der Waals surface area contributed by atoms with Crippen molar-refractivity contribution in [1.29, 1.82) is 0 Å². The molecule has 2 saturated heterocycles. The predicted octanol–water partition coefficient (Wildman–Crippen LogP) is -1.13. The molecule has 3 aliphatic heterocycles. The number of carbonyl (C=O) groups is 3. The fourth-order valence-corrected chi connectivity index (χ4v) is 3.84. The largest absolute Gasteiger partial charge is 0.394 e. The fourth-order valence-electron chi connectivity index (χ4n) is 3.84. The molecule has 0 radical (unpaired) electrons. The summed E-state index contributed by atoms with van der Waals surface area (Å²) in [6.45, 7) is 2.26. The van der Waals surface area contributed by atoms with Crippen molar-refractivity contribution < 1.29 is 19.5 Å². The van der Waals surface area contributed by atoms with Crippen molar-refractivity contribution in [2.45, 2.75) is 37.5 Å². The molecule has 8 nitrogen and oxygen atoms in total. The van der Waals surface area contributed by atoms with Crippen LogP contribution in [0.1, 0.15) is 34.3 Å². The topological polar surface area (TPSA) is 111 Å². The minimum Gasteiger partial charge on any atom is -0.394 e. The van der Waals surface area contributed by atoms with Crippen LogP contribution in [0.2, 0.25) is 0 Å². The highest BCUT2D eigenvalue weighted by Gasteiger charge is 2.40. The zero-order chi connectivity index (χ0) is 18.3. The molecule has 0 saturated carbocycles.